The Morgan fingerprint density at radius 3 is 2.87 bits per heavy atom. The molecule has 3 rings (SSSR count). The highest BCUT2D eigenvalue weighted by Gasteiger charge is 2.22. The number of benzene rings is 1. The van der Waals surface area contributed by atoms with Crippen LogP contribution in [0, 0.1) is 13.8 Å². The molecular formula is C16H20N4O2S. The zero-order chi connectivity index (χ0) is 16.2. The predicted molar refractivity (Wildman–Crippen MR) is 89.5 cm³/mol. The molecule has 1 aliphatic heterocycles. The van der Waals surface area contributed by atoms with Crippen molar-refractivity contribution in [2.75, 3.05) is 17.6 Å². The van der Waals surface area contributed by atoms with E-state index in [0.29, 0.717) is 11.1 Å². The Kier molecular flexibility index (Phi) is 4.97. The zero-order valence-electron chi connectivity index (χ0n) is 13.3. The van der Waals surface area contributed by atoms with Crippen molar-refractivity contribution >= 4 is 23.4 Å². The molecule has 1 atom stereocenters. The molecule has 0 bridgehead atoms. The van der Waals surface area contributed by atoms with Crippen LogP contribution < -0.4 is 10.6 Å². The van der Waals surface area contributed by atoms with E-state index in [9.17, 15) is 4.79 Å². The monoisotopic (exact) mass is 332 g/mol. The van der Waals surface area contributed by atoms with Gasteiger partial charge in [0, 0.05) is 5.69 Å². The van der Waals surface area contributed by atoms with Gasteiger partial charge in [-0.3, -0.25) is 4.79 Å². The van der Waals surface area contributed by atoms with Crippen molar-refractivity contribution in [2.24, 2.45) is 0 Å². The minimum absolute atomic E-state index is 0.0776. The predicted octanol–water partition coefficient (Wildman–Crippen LogP) is 2.84. The minimum Gasteiger partial charge on any atom is -0.414 e. The van der Waals surface area contributed by atoms with Crippen LogP contribution in [0.5, 0.6) is 0 Å². The van der Waals surface area contributed by atoms with E-state index in [2.05, 4.69) is 20.8 Å². The third kappa shape index (κ3) is 3.92. The van der Waals surface area contributed by atoms with Crippen molar-refractivity contribution in [3.05, 3.63) is 35.2 Å². The molecule has 122 valence electrons. The van der Waals surface area contributed by atoms with Crippen LogP contribution >= 0.6 is 11.8 Å². The molecule has 0 aliphatic carbocycles. The van der Waals surface area contributed by atoms with E-state index < -0.39 is 0 Å². The van der Waals surface area contributed by atoms with E-state index in [0.717, 1.165) is 36.2 Å². The van der Waals surface area contributed by atoms with Crippen LogP contribution in [0.4, 0.5) is 5.69 Å². The average molecular weight is 332 g/mol. The average Bonchev–Trinajstić information content (AvgIpc) is 3.19. The first-order valence-electron chi connectivity index (χ1n) is 7.69. The number of anilines is 1. The second-order valence-electron chi connectivity index (χ2n) is 5.66. The van der Waals surface area contributed by atoms with Crippen molar-refractivity contribution in [3.63, 3.8) is 0 Å². The van der Waals surface area contributed by atoms with Crippen LogP contribution in [0.2, 0.25) is 0 Å². The van der Waals surface area contributed by atoms with Crippen LogP contribution in [0.15, 0.2) is 27.8 Å². The number of para-hydroxylation sites is 1. The fourth-order valence-corrected chi connectivity index (χ4v) is 3.20. The summed E-state index contributed by atoms with van der Waals surface area (Å²) in [7, 11) is 0. The van der Waals surface area contributed by atoms with Crippen molar-refractivity contribution in [1.29, 1.82) is 0 Å². The Balaban J connectivity index is 1.55. The standard InChI is InChI=1S/C16H20N4O2S/c1-10-5-3-6-11(2)14(10)18-13(21)9-23-16-20-19-15(22-16)12-7-4-8-17-12/h3,5-6,12,17H,4,7-9H2,1-2H3,(H,18,21)/t12-/m0/s1. The lowest BCUT2D eigenvalue weighted by molar-refractivity contribution is -0.113. The van der Waals surface area contributed by atoms with Gasteiger partial charge in [-0.15, -0.1) is 10.2 Å². The molecule has 2 aromatic rings. The van der Waals surface area contributed by atoms with E-state index in [4.69, 9.17) is 4.42 Å². The van der Waals surface area contributed by atoms with Crippen molar-refractivity contribution < 1.29 is 9.21 Å². The Hall–Kier alpha value is -1.86. The summed E-state index contributed by atoms with van der Waals surface area (Å²) in [5.41, 5.74) is 2.98. The number of hydrogen-bond acceptors (Lipinski definition) is 6. The third-order valence-corrected chi connectivity index (χ3v) is 4.67. The maximum atomic E-state index is 12.1. The van der Waals surface area contributed by atoms with Crippen LogP contribution in [-0.4, -0.2) is 28.4 Å². The first-order chi connectivity index (χ1) is 11.1. The van der Waals surface area contributed by atoms with Crippen LogP contribution in [0.25, 0.3) is 0 Å². The molecule has 0 spiro atoms. The first-order valence-corrected chi connectivity index (χ1v) is 8.67. The van der Waals surface area contributed by atoms with Gasteiger partial charge in [-0.2, -0.15) is 0 Å². The number of carbonyl (C=O) groups excluding carboxylic acids is 1. The molecule has 23 heavy (non-hydrogen) atoms. The summed E-state index contributed by atoms with van der Waals surface area (Å²) in [4.78, 5) is 12.1. The van der Waals surface area contributed by atoms with Crippen molar-refractivity contribution in [1.82, 2.24) is 15.5 Å². The van der Waals surface area contributed by atoms with Gasteiger partial charge >= 0.3 is 0 Å². The lowest BCUT2D eigenvalue weighted by atomic mass is 10.1. The molecular weight excluding hydrogens is 312 g/mol. The van der Waals surface area contributed by atoms with Crippen LogP contribution in [0.3, 0.4) is 0 Å². The van der Waals surface area contributed by atoms with E-state index in [1.807, 2.05) is 32.0 Å². The maximum absolute atomic E-state index is 12.1. The van der Waals surface area contributed by atoms with Crippen LogP contribution in [0.1, 0.15) is 35.9 Å². The summed E-state index contributed by atoms with van der Waals surface area (Å²) in [6, 6.07) is 6.09. The number of nitrogens with zero attached hydrogens (tertiary/aromatic N) is 2. The molecule has 7 heteroatoms. The summed E-state index contributed by atoms with van der Waals surface area (Å²) in [5.74, 6) is 0.777. The van der Waals surface area contributed by atoms with Crippen molar-refractivity contribution in [2.45, 2.75) is 38.0 Å². The summed E-state index contributed by atoms with van der Waals surface area (Å²) in [6.07, 6.45) is 2.13. The highest BCUT2D eigenvalue weighted by atomic mass is 32.2. The van der Waals surface area contributed by atoms with Gasteiger partial charge in [0.1, 0.15) is 0 Å². The highest BCUT2D eigenvalue weighted by Crippen LogP contribution is 2.25. The molecule has 0 unspecified atom stereocenters. The van der Waals surface area contributed by atoms with Gasteiger partial charge in [0.05, 0.1) is 11.8 Å². The van der Waals surface area contributed by atoms with Gasteiger partial charge in [0.2, 0.25) is 11.8 Å². The van der Waals surface area contributed by atoms with Gasteiger partial charge in [0.15, 0.2) is 0 Å². The molecule has 0 saturated carbocycles. The first kappa shape index (κ1) is 16.0. The Labute approximate surface area is 139 Å². The molecule has 1 saturated heterocycles. The van der Waals surface area contributed by atoms with E-state index in [1.54, 1.807) is 0 Å². The quantitative estimate of drug-likeness (QED) is 0.820. The number of rotatable bonds is 5. The minimum atomic E-state index is -0.0776. The summed E-state index contributed by atoms with van der Waals surface area (Å²) < 4.78 is 5.61. The van der Waals surface area contributed by atoms with Crippen molar-refractivity contribution in [3.8, 4) is 0 Å². The molecule has 6 nitrogen and oxygen atoms in total. The second-order valence-corrected chi connectivity index (χ2v) is 6.59. The summed E-state index contributed by atoms with van der Waals surface area (Å²) >= 11 is 1.26. The molecule has 1 amide bonds. The highest BCUT2D eigenvalue weighted by molar-refractivity contribution is 7.99. The largest absolute Gasteiger partial charge is 0.414 e. The fourth-order valence-electron chi connectivity index (χ4n) is 2.63. The van der Waals surface area contributed by atoms with Gasteiger partial charge in [-0.1, -0.05) is 30.0 Å². The van der Waals surface area contributed by atoms with Gasteiger partial charge in [0.25, 0.3) is 5.22 Å². The zero-order valence-corrected chi connectivity index (χ0v) is 14.1. The number of nitrogens with one attached hydrogen (secondary N) is 2. The van der Waals surface area contributed by atoms with Gasteiger partial charge in [-0.25, -0.2) is 0 Å². The molecule has 1 aromatic carbocycles. The molecule has 2 N–H and O–H groups in total. The Morgan fingerprint density at radius 1 is 1.39 bits per heavy atom. The third-order valence-electron chi connectivity index (χ3n) is 3.85. The molecule has 1 aliphatic rings. The van der Waals surface area contributed by atoms with E-state index in [1.165, 1.54) is 11.8 Å². The number of carbonyl (C=O) groups is 1. The summed E-state index contributed by atoms with van der Waals surface area (Å²) in [6.45, 7) is 4.94. The lowest BCUT2D eigenvalue weighted by Gasteiger charge is -2.10. The molecule has 2 heterocycles. The van der Waals surface area contributed by atoms with Gasteiger partial charge in [-0.05, 0) is 44.4 Å². The number of aromatic nitrogens is 2. The smallest absolute Gasteiger partial charge is 0.277 e. The van der Waals surface area contributed by atoms with E-state index >= 15 is 0 Å². The second kappa shape index (κ2) is 7.14. The lowest BCUT2D eigenvalue weighted by Crippen LogP contribution is -2.15. The molecule has 1 aromatic heterocycles. The normalized spacial score (nSPS) is 17.4. The molecule has 1 fully saturated rings. The number of aryl methyl sites for hydroxylation is 2. The SMILES string of the molecule is Cc1cccc(C)c1NC(=O)CSc1nnc([C@@H]2CCCN2)o1. The number of hydrogen-bond donors (Lipinski definition) is 2. The summed E-state index contributed by atoms with van der Waals surface area (Å²) in [5, 5.41) is 14.8. The Morgan fingerprint density at radius 2 is 2.17 bits per heavy atom. The fraction of sp³-hybridized carbons (Fsp3) is 0.438. The van der Waals surface area contributed by atoms with E-state index in [-0.39, 0.29) is 17.7 Å². The van der Waals surface area contributed by atoms with Gasteiger partial charge < -0.3 is 15.1 Å². The maximum Gasteiger partial charge on any atom is 0.277 e. The number of amides is 1. The number of thioether (sulfide) groups is 1. The Bertz CT molecular complexity index is 675. The van der Waals surface area contributed by atoms with Crippen LogP contribution in [-0.2, 0) is 4.79 Å². The topological polar surface area (TPSA) is 80.0 Å². The molecule has 0 radical (unpaired) electrons.